The summed E-state index contributed by atoms with van der Waals surface area (Å²) in [5, 5.41) is 21.3. The van der Waals surface area contributed by atoms with Crippen molar-refractivity contribution in [3.8, 4) is 74.1 Å². The van der Waals surface area contributed by atoms with Gasteiger partial charge in [-0.15, -0.1) is 14.6 Å². The minimum absolute atomic E-state index is 0.203. The van der Waals surface area contributed by atoms with Gasteiger partial charge in [0.25, 0.3) is 11.5 Å². The smallest absolute Gasteiger partial charge is 0.274 e. The molecule has 0 bridgehead atoms. The Kier molecular flexibility index (Phi) is 31.4. The second-order valence-corrected chi connectivity index (χ2v) is 39.8. The molecule has 22 rings (SSSR count). The van der Waals surface area contributed by atoms with Crippen molar-refractivity contribution in [1.82, 2.24) is 96.2 Å². The zero-order valence-electron chi connectivity index (χ0n) is 73.7. The molecule has 10 saturated heterocycles. The summed E-state index contributed by atoms with van der Waals surface area (Å²) in [6, 6.07) is 39.0. The monoisotopic (exact) mass is 1840 g/mol. The lowest BCUT2D eigenvalue weighted by atomic mass is 10.0. The van der Waals surface area contributed by atoms with Crippen LogP contribution in [0.3, 0.4) is 0 Å². The van der Waals surface area contributed by atoms with Crippen LogP contribution in [0.5, 0.6) is 0 Å². The molecule has 10 aliphatic heterocycles. The summed E-state index contributed by atoms with van der Waals surface area (Å²) < 4.78 is 42.3. The molecule has 0 aliphatic carbocycles. The highest BCUT2D eigenvalue weighted by Crippen LogP contribution is 2.37. The molecule has 0 saturated carbocycles. The molecule has 10 aliphatic rings. The molecule has 19 heterocycles. The summed E-state index contributed by atoms with van der Waals surface area (Å²) in [5.74, 6) is 4.13. The number of hydrogen-bond donors (Lipinski definition) is 0. The Hall–Kier alpha value is -8.94. The summed E-state index contributed by atoms with van der Waals surface area (Å²) in [7, 11) is 0. The van der Waals surface area contributed by atoms with E-state index in [1.807, 2.05) is 30.3 Å². The number of thiophene rings is 1. The molecule has 10 fully saturated rings. The van der Waals surface area contributed by atoms with Gasteiger partial charge in [0.1, 0.15) is 0 Å². The summed E-state index contributed by atoms with van der Waals surface area (Å²) >= 11 is 9.05. The largest absolute Gasteiger partial charge is 0.421 e. The Balaban J connectivity index is 0.000000109. The molecule has 3 aromatic carbocycles. The number of benzene rings is 3. The molecule has 0 spiro atoms. The fraction of sp³-hybridized carbons (Fsp3) is 0.543. The first-order valence-electron chi connectivity index (χ1n) is 47.0. The van der Waals surface area contributed by atoms with Crippen LogP contribution in [0, 0.1) is 12.9 Å². The van der Waals surface area contributed by atoms with Gasteiger partial charge in [-0.2, -0.15) is 67.9 Å². The number of likely N-dealkylation sites (tertiary alicyclic amines) is 5. The van der Waals surface area contributed by atoms with Crippen molar-refractivity contribution in [3.05, 3.63) is 155 Å². The van der Waals surface area contributed by atoms with E-state index in [4.69, 9.17) is 19.4 Å². The van der Waals surface area contributed by atoms with Crippen molar-refractivity contribution in [3.63, 3.8) is 0 Å². The first kappa shape index (κ1) is 89.6. The molecule has 0 unspecified atom stereocenters. The fourth-order valence-electron chi connectivity index (χ4n) is 19.9. The fourth-order valence-corrected chi connectivity index (χ4v) is 24.1. The second-order valence-electron chi connectivity index (χ2n) is 35.4. The quantitative estimate of drug-likeness (QED) is 0.0768. The minimum Gasteiger partial charge on any atom is -0.421 e. The summed E-state index contributed by atoms with van der Waals surface area (Å²) in [5.41, 5.74) is 7.14. The summed E-state index contributed by atoms with van der Waals surface area (Å²) in [6.45, 7) is 25.3. The standard InChI is InChI=1S/C24H28N4S.C21H26N6OS.C17H22FN5S.C16H22N6OS.C16H22N4S2/c1-3-7-19(8-4-1)20-9-11-21(12-10-20)23-25-24(29-26-23)28-17-13-22(14-18-28)27-15-5-2-6-16-27;1-15-23-24-20(28-15)17-7-5-6-16(14-17)19-22-21(29-25-19)27-12-8-18(9-13-27)26-10-3-2-4-11-26;18-15-5-4-13(12-19-15)16-20-17(24-21-16)23-10-6-14(7-11-23)22-8-2-1-3-9-22;23-14-5-4-8-17-22(14)15-18-16(24-19-15)21-11-6-13(7-12-21)20-9-2-1-3-10-20;1-2-7-19(8-3-1)14-4-9-20(10-5-14)16-17-15(18-22-16)13-6-11-21-12-13/h1,3-4,7-12,22H,2,5-6,13-18H2;5-7,14,18H,2-4,8-13H2,1H3;4-5,12,14H,1-3,6-11H2;4-5,8,13H,1-3,6-7,9-12H2;6,11-12,14H,1-5,7-10H2. The van der Waals surface area contributed by atoms with Gasteiger partial charge in [0.05, 0.1) is 0 Å². The van der Waals surface area contributed by atoms with Crippen LogP contribution in [0.2, 0.25) is 0 Å². The molecular weight excluding hydrogens is 1720 g/mol. The van der Waals surface area contributed by atoms with Crippen LogP contribution in [0.1, 0.15) is 166 Å². The third-order valence-corrected chi connectivity index (χ3v) is 31.6. The zero-order chi connectivity index (χ0) is 86.6. The first-order valence-corrected chi connectivity index (χ1v) is 51.8. The van der Waals surface area contributed by atoms with Crippen LogP contribution in [0.25, 0.3) is 74.1 Å². The number of rotatable bonds is 17. The Labute approximate surface area is 775 Å². The molecule has 0 amide bonds. The van der Waals surface area contributed by atoms with Gasteiger partial charge < -0.3 is 53.4 Å². The van der Waals surface area contributed by atoms with Gasteiger partial charge in [0.2, 0.25) is 43.4 Å². The van der Waals surface area contributed by atoms with Crippen LogP contribution in [-0.4, -0.2) is 257 Å². The van der Waals surface area contributed by atoms with E-state index in [0.717, 1.165) is 161 Å². The van der Waals surface area contributed by atoms with Crippen LogP contribution < -0.4 is 30.1 Å². The maximum atomic E-state index is 12.9. The average molecular weight is 1840 g/mol. The lowest BCUT2D eigenvalue weighted by Crippen LogP contribution is -2.46. The van der Waals surface area contributed by atoms with E-state index in [9.17, 15) is 9.18 Å². The lowest BCUT2D eigenvalue weighted by Gasteiger charge is -2.40. The molecule has 0 atom stereocenters. The van der Waals surface area contributed by atoms with Crippen molar-refractivity contribution in [2.75, 3.05) is 155 Å². The van der Waals surface area contributed by atoms with E-state index in [1.165, 1.54) is 306 Å². The highest BCUT2D eigenvalue weighted by atomic mass is 32.1. The molecule has 0 N–H and O–H groups in total. The van der Waals surface area contributed by atoms with Crippen LogP contribution in [0.15, 0.2) is 142 Å². The number of piperidine rings is 10. The number of aromatic nitrogens is 15. The number of halogens is 1. The Bertz CT molecular complexity index is 5370. The topological polar surface area (TPSA) is 248 Å². The van der Waals surface area contributed by atoms with Crippen LogP contribution in [0.4, 0.5) is 30.0 Å². The minimum atomic E-state index is -0.478. The lowest BCUT2D eigenvalue weighted by molar-refractivity contribution is 0.141. The molecule has 12 aromatic rings. The van der Waals surface area contributed by atoms with Crippen molar-refractivity contribution in [1.29, 1.82) is 0 Å². The molecule has 27 nitrogen and oxygen atoms in total. The zero-order valence-corrected chi connectivity index (χ0v) is 78.6. The van der Waals surface area contributed by atoms with E-state index >= 15 is 0 Å². The Morgan fingerprint density at radius 3 is 1.10 bits per heavy atom. The number of anilines is 5. The predicted molar refractivity (Wildman–Crippen MR) is 517 cm³/mol. The van der Waals surface area contributed by atoms with Gasteiger partial charge in [-0.1, -0.05) is 98.8 Å². The van der Waals surface area contributed by atoms with Gasteiger partial charge in [-0.3, -0.25) is 4.79 Å². The number of nitrogens with zero attached hydrogens (tertiary/aromatic N) is 25. The first-order chi connectivity index (χ1) is 63.1. The highest BCUT2D eigenvalue weighted by molar-refractivity contribution is 7.11. The molecule has 128 heavy (non-hydrogen) atoms. The van der Waals surface area contributed by atoms with Crippen molar-refractivity contribution in [2.45, 2.75) is 198 Å². The van der Waals surface area contributed by atoms with Crippen LogP contribution in [-0.2, 0) is 0 Å². The van der Waals surface area contributed by atoms with Gasteiger partial charge in [-0.25, -0.2) is 4.98 Å². The van der Waals surface area contributed by atoms with E-state index in [1.54, 1.807) is 48.1 Å². The summed E-state index contributed by atoms with van der Waals surface area (Å²) in [6.07, 6.45) is 36.0. The maximum Gasteiger partial charge on any atom is 0.274 e. The second kappa shape index (κ2) is 44.8. The van der Waals surface area contributed by atoms with Gasteiger partial charge in [0.15, 0.2) is 23.3 Å². The molecule has 676 valence electrons. The Morgan fingerprint density at radius 1 is 0.344 bits per heavy atom. The summed E-state index contributed by atoms with van der Waals surface area (Å²) in [4.78, 5) is 64.5. The third kappa shape index (κ3) is 23.5. The predicted octanol–water partition coefficient (Wildman–Crippen LogP) is 17.8. The third-order valence-electron chi connectivity index (χ3n) is 27.1. The van der Waals surface area contributed by atoms with E-state index in [-0.39, 0.29) is 5.56 Å². The number of aryl methyl sites for hydroxylation is 1. The number of pyridine rings is 1. The van der Waals surface area contributed by atoms with Gasteiger partial charge >= 0.3 is 0 Å². The molecular formula is C94H120FN25O2S6. The molecule has 9 aromatic heterocycles. The van der Waals surface area contributed by atoms with Crippen molar-refractivity contribution >= 4 is 94.7 Å². The molecule has 34 heteroatoms. The Morgan fingerprint density at radius 2 is 0.711 bits per heavy atom. The van der Waals surface area contributed by atoms with E-state index in [0.29, 0.717) is 29.6 Å². The normalized spacial score (nSPS) is 19.9. The number of hydrogen-bond acceptors (Lipinski definition) is 32. The van der Waals surface area contributed by atoms with Crippen LogP contribution >= 0.6 is 69.0 Å². The average Bonchev–Trinajstić information content (AvgIpc) is 1.67. The molecule has 0 radical (unpaired) electrons. The SMILES string of the molecule is Cc1nnc(-c2cccc(-c3nsc(N4CCC(N5CCCCC5)CC4)n3)c2)o1.Fc1ccc(-c2nsc(N3CCC(N4CCCCC4)CC3)n2)cn1.O=c1cccnn1-c1nsc(N2CCC(N3CCCCC3)CC2)n1.c1cc(-c2nsc(N3CCC(N4CCCCC4)CC3)n2)cs1.c1ccc(-c2ccc(-c3nsc(N4CCC(N5CCCCC5)CC4)n3)cc2)cc1. The van der Waals surface area contributed by atoms with E-state index < -0.39 is 5.95 Å². The maximum absolute atomic E-state index is 12.9. The van der Waals surface area contributed by atoms with E-state index in [2.05, 4.69) is 166 Å². The van der Waals surface area contributed by atoms with Crippen molar-refractivity contribution in [2.24, 2.45) is 0 Å². The highest BCUT2D eigenvalue weighted by Gasteiger charge is 2.34. The van der Waals surface area contributed by atoms with Gasteiger partial charge in [0, 0.05) is 212 Å². The van der Waals surface area contributed by atoms with Crippen molar-refractivity contribution < 1.29 is 8.81 Å². The van der Waals surface area contributed by atoms with Gasteiger partial charge in [-0.05, 0) is 247 Å².